The van der Waals surface area contributed by atoms with Gasteiger partial charge < -0.3 is 14.6 Å². The lowest BCUT2D eigenvalue weighted by Crippen LogP contribution is -2.40. The van der Waals surface area contributed by atoms with Crippen LogP contribution in [0.4, 0.5) is 0 Å². The van der Waals surface area contributed by atoms with Crippen LogP contribution in [0.2, 0.25) is 5.02 Å². The zero-order valence-corrected chi connectivity index (χ0v) is 13.9. The van der Waals surface area contributed by atoms with Crippen molar-refractivity contribution in [1.29, 1.82) is 0 Å². The Balaban J connectivity index is 1.91. The summed E-state index contributed by atoms with van der Waals surface area (Å²) < 4.78 is 5.20. The molecule has 0 unspecified atom stereocenters. The largest absolute Gasteiger partial charge is 0.459 e. The van der Waals surface area contributed by atoms with Gasteiger partial charge in [-0.1, -0.05) is 23.7 Å². The van der Waals surface area contributed by atoms with Gasteiger partial charge in [0, 0.05) is 23.7 Å². The third-order valence-electron chi connectivity index (χ3n) is 3.46. The first-order chi connectivity index (χ1) is 11.0. The summed E-state index contributed by atoms with van der Waals surface area (Å²) in [5, 5.41) is 3.44. The SMILES string of the molecule is CCN(CC(=O)NCc1ccc(Cl)cc1)C(=O)c1occc1C. The fourth-order valence-electron chi connectivity index (χ4n) is 2.09. The number of likely N-dealkylation sites (N-methyl/N-ethyl adjacent to an activating group) is 1. The molecule has 6 heteroatoms. The van der Waals surface area contributed by atoms with Crippen molar-refractivity contribution in [3.63, 3.8) is 0 Å². The van der Waals surface area contributed by atoms with Crippen LogP contribution in [0.25, 0.3) is 0 Å². The predicted molar refractivity (Wildman–Crippen MR) is 88.3 cm³/mol. The maximum atomic E-state index is 12.3. The Hall–Kier alpha value is -2.27. The van der Waals surface area contributed by atoms with Gasteiger partial charge >= 0.3 is 0 Å². The van der Waals surface area contributed by atoms with Crippen molar-refractivity contribution in [2.45, 2.75) is 20.4 Å². The summed E-state index contributed by atoms with van der Waals surface area (Å²) in [4.78, 5) is 25.8. The Morgan fingerprint density at radius 3 is 2.48 bits per heavy atom. The van der Waals surface area contributed by atoms with Gasteiger partial charge in [0.05, 0.1) is 12.8 Å². The van der Waals surface area contributed by atoms with Gasteiger partial charge in [-0.15, -0.1) is 0 Å². The average Bonchev–Trinajstić information content (AvgIpc) is 2.97. The highest BCUT2D eigenvalue weighted by atomic mass is 35.5. The van der Waals surface area contributed by atoms with E-state index in [2.05, 4.69) is 5.32 Å². The second-order valence-corrected chi connectivity index (χ2v) is 5.59. The molecule has 0 aliphatic rings. The summed E-state index contributed by atoms with van der Waals surface area (Å²) in [7, 11) is 0. The number of nitrogens with zero attached hydrogens (tertiary/aromatic N) is 1. The molecular weight excluding hydrogens is 316 g/mol. The van der Waals surface area contributed by atoms with Gasteiger partial charge in [0.15, 0.2) is 5.76 Å². The number of rotatable bonds is 6. The van der Waals surface area contributed by atoms with Crippen molar-refractivity contribution in [3.8, 4) is 0 Å². The summed E-state index contributed by atoms with van der Waals surface area (Å²) in [5.74, 6) is -0.228. The van der Waals surface area contributed by atoms with Crippen LogP contribution in [0.3, 0.4) is 0 Å². The van der Waals surface area contributed by atoms with Gasteiger partial charge in [-0.25, -0.2) is 0 Å². The fourth-order valence-corrected chi connectivity index (χ4v) is 2.22. The number of furan rings is 1. The lowest BCUT2D eigenvalue weighted by Gasteiger charge is -2.19. The third kappa shape index (κ3) is 4.60. The molecule has 2 aromatic rings. The number of aryl methyl sites for hydroxylation is 1. The number of hydrogen-bond donors (Lipinski definition) is 1. The number of carbonyl (C=O) groups excluding carboxylic acids is 2. The van der Waals surface area contributed by atoms with E-state index >= 15 is 0 Å². The molecule has 0 fully saturated rings. The molecule has 23 heavy (non-hydrogen) atoms. The van der Waals surface area contributed by atoms with E-state index in [-0.39, 0.29) is 24.1 Å². The maximum absolute atomic E-state index is 12.3. The molecule has 0 radical (unpaired) electrons. The molecule has 5 nitrogen and oxygen atoms in total. The normalized spacial score (nSPS) is 10.4. The number of halogens is 1. The van der Waals surface area contributed by atoms with E-state index in [0.717, 1.165) is 11.1 Å². The number of benzene rings is 1. The summed E-state index contributed by atoms with van der Waals surface area (Å²) in [5.41, 5.74) is 1.70. The van der Waals surface area contributed by atoms with Crippen molar-refractivity contribution in [1.82, 2.24) is 10.2 Å². The Labute approximate surface area is 140 Å². The number of nitrogens with one attached hydrogen (secondary N) is 1. The molecular formula is C17H19ClN2O3. The van der Waals surface area contributed by atoms with E-state index in [1.54, 1.807) is 25.1 Å². The highest BCUT2D eigenvalue weighted by Crippen LogP contribution is 2.12. The number of carbonyl (C=O) groups is 2. The van der Waals surface area contributed by atoms with Crippen molar-refractivity contribution < 1.29 is 14.0 Å². The standard InChI is InChI=1S/C17H19ClN2O3/c1-3-20(17(22)16-12(2)8-9-23-16)11-15(21)19-10-13-4-6-14(18)7-5-13/h4-9H,3,10-11H2,1-2H3,(H,19,21). The second-order valence-electron chi connectivity index (χ2n) is 5.16. The molecule has 1 heterocycles. The zero-order chi connectivity index (χ0) is 16.8. The van der Waals surface area contributed by atoms with Gasteiger partial charge in [-0.3, -0.25) is 9.59 Å². The molecule has 0 aliphatic heterocycles. The molecule has 0 spiro atoms. The van der Waals surface area contributed by atoms with E-state index in [0.29, 0.717) is 18.1 Å². The summed E-state index contributed by atoms with van der Waals surface area (Å²) in [6, 6.07) is 8.95. The molecule has 0 saturated carbocycles. The van der Waals surface area contributed by atoms with Crippen LogP contribution < -0.4 is 5.32 Å². The Kier molecular flexibility index (Phi) is 5.82. The highest BCUT2D eigenvalue weighted by molar-refractivity contribution is 6.30. The smallest absolute Gasteiger partial charge is 0.290 e. The Morgan fingerprint density at radius 1 is 1.22 bits per heavy atom. The van der Waals surface area contributed by atoms with Crippen LogP contribution in [0.5, 0.6) is 0 Å². The van der Waals surface area contributed by atoms with Crippen molar-refractivity contribution in [2.75, 3.05) is 13.1 Å². The van der Waals surface area contributed by atoms with E-state index in [1.807, 2.05) is 19.1 Å². The monoisotopic (exact) mass is 334 g/mol. The van der Waals surface area contributed by atoms with Gasteiger partial charge in [-0.2, -0.15) is 0 Å². The molecule has 122 valence electrons. The van der Waals surface area contributed by atoms with Gasteiger partial charge in [0.2, 0.25) is 5.91 Å². The Bertz CT molecular complexity index is 679. The first kappa shape index (κ1) is 17.1. The molecule has 1 aromatic heterocycles. The van der Waals surface area contributed by atoms with Gasteiger partial charge in [0.1, 0.15) is 0 Å². The molecule has 2 amide bonds. The number of hydrogen-bond acceptors (Lipinski definition) is 3. The molecule has 1 aromatic carbocycles. The molecule has 0 bridgehead atoms. The van der Waals surface area contributed by atoms with Crippen LogP contribution in [0, 0.1) is 6.92 Å². The van der Waals surface area contributed by atoms with E-state index in [1.165, 1.54) is 11.2 Å². The lowest BCUT2D eigenvalue weighted by atomic mass is 10.2. The molecule has 1 N–H and O–H groups in total. The topological polar surface area (TPSA) is 62.6 Å². The second kappa shape index (κ2) is 7.83. The van der Waals surface area contributed by atoms with Crippen molar-refractivity contribution >= 4 is 23.4 Å². The number of amides is 2. The van der Waals surface area contributed by atoms with E-state index < -0.39 is 0 Å². The summed E-state index contributed by atoms with van der Waals surface area (Å²) in [6.45, 7) is 4.42. The molecule has 2 rings (SSSR count). The zero-order valence-electron chi connectivity index (χ0n) is 13.1. The van der Waals surface area contributed by atoms with Crippen LogP contribution in [-0.4, -0.2) is 29.8 Å². The summed E-state index contributed by atoms with van der Waals surface area (Å²) in [6.07, 6.45) is 1.47. The Morgan fingerprint density at radius 2 is 1.91 bits per heavy atom. The summed E-state index contributed by atoms with van der Waals surface area (Å²) >= 11 is 5.82. The van der Waals surface area contributed by atoms with Crippen molar-refractivity contribution in [2.24, 2.45) is 0 Å². The fraction of sp³-hybridized carbons (Fsp3) is 0.294. The lowest BCUT2D eigenvalue weighted by molar-refractivity contribution is -0.121. The molecule has 0 aliphatic carbocycles. The molecule has 0 atom stereocenters. The maximum Gasteiger partial charge on any atom is 0.290 e. The van der Waals surface area contributed by atoms with Crippen LogP contribution in [0.15, 0.2) is 41.0 Å². The minimum Gasteiger partial charge on any atom is -0.459 e. The van der Waals surface area contributed by atoms with E-state index in [9.17, 15) is 9.59 Å². The predicted octanol–water partition coefficient (Wildman–Crippen LogP) is 3.02. The third-order valence-corrected chi connectivity index (χ3v) is 3.71. The first-order valence-corrected chi connectivity index (χ1v) is 7.73. The minimum atomic E-state index is -0.281. The average molecular weight is 335 g/mol. The molecule has 0 saturated heterocycles. The van der Waals surface area contributed by atoms with Crippen LogP contribution in [-0.2, 0) is 11.3 Å². The van der Waals surface area contributed by atoms with Crippen LogP contribution >= 0.6 is 11.6 Å². The highest BCUT2D eigenvalue weighted by Gasteiger charge is 2.21. The van der Waals surface area contributed by atoms with Gasteiger partial charge in [-0.05, 0) is 37.6 Å². The van der Waals surface area contributed by atoms with E-state index in [4.69, 9.17) is 16.0 Å². The van der Waals surface area contributed by atoms with Gasteiger partial charge in [0.25, 0.3) is 5.91 Å². The minimum absolute atomic E-state index is 0.0109. The quantitative estimate of drug-likeness (QED) is 0.883. The first-order valence-electron chi connectivity index (χ1n) is 7.35. The van der Waals surface area contributed by atoms with Crippen molar-refractivity contribution in [3.05, 3.63) is 58.5 Å². The van der Waals surface area contributed by atoms with Crippen LogP contribution in [0.1, 0.15) is 28.6 Å².